The van der Waals surface area contributed by atoms with Gasteiger partial charge < -0.3 is 10.1 Å². The van der Waals surface area contributed by atoms with E-state index in [0.29, 0.717) is 11.3 Å². The van der Waals surface area contributed by atoms with Gasteiger partial charge in [-0.3, -0.25) is 9.59 Å². The van der Waals surface area contributed by atoms with Crippen LogP contribution in [-0.2, 0) is 4.79 Å². The molecule has 0 saturated carbocycles. The van der Waals surface area contributed by atoms with Gasteiger partial charge in [-0.15, -0.1) is 11.8 Å². The van der Waals surface area contributed by atoms with E-state index in [1.807, 2.05) is 24.3 Å². The van der Waals surface area contributed by atoms with E-state index < -0.39 is 0 Å². The molecule has 5 heteroatoms. The van der Waals surface area contributed by atoms with E-state index in [1.54, 1.807) is 31.4 Å². The van der Waals surface area contributed by atoms with Crippen molar-refractivity contribution in [3.63, 3.8) is 0 Å². The first-order chi connectivity index (χ1) is 10.6. The maximum absolute atomic E-state index is 12.0. The third kappa shape index (κ3) is 4.36. The summed E-state index contributed by atoms with van der Waals surface area (Å²) in [5.74, 6) is 0.796. The number of ketones is 1. The van der Waals surface area contributed by atoms with Crippen molar-refractivity contribution in [2.24, 2.45) is 0 Å². The maximum Gasteiger partial charge on any atom is 0.234 e. The van der Waals surface area contributed by atoms with Crippen molar-refractivity contribution in [2.45, 2.75) is 11.8 Å². The van der Waals surface area contributed by atoms with Crippen LogP contribution in [0.2, 0.25) is 0 Å². The van der Waals surface area contributed by atoms with E-state index in [0.717, 1.165) is 10.6 Å². The number of rotatable bonds is 6. The molecule has 0 atom stereocenters. The lowest BCUT2D eigenvalue weighted by Gasteiger charge is -2.09. The van der Waals surface area contributed by atoms with Crippen LogP contribution in [0.3, 0.4) is 0 Å². The molecule has 0 aromatic heterocycles. The van der Waals surface area contributed by atoms with Gasteiger partial charge in [-0.25, -0.2) is 0 Å². The minimum Gasteiger partial charge on any atom is -0.497 e. The van der Waals surface area contributed by atoms with Crippen LogP contribution < -0.4 is 10.1 Å². The number of nitrogens with one attached hydrogen (secondary N) is 1. The fourth-order valence-corrected chi connectivity index (χ4v) is 2.67. The maximum atomic E-state index is 12.0. The fraction of sp³-hybridized carbons (Fsp3) is 0.176. The van der Waals surface area contributed by atoms with Crippen LogP contribution >= 0.6 is 11.8 Å². The molecule has 0 spiro atoms. The zero-order valence-corrected chi connectivity index (χ0v) is 13.3. The second-order valence-electron chi connectivity index (χ2n) is 4.62. The van der Waals surface area contributed by atoms with E-state index in [-0.39, 0.29) is 17.4 Å². The van der Waals surface area contributed by atoms with E-state index in [9.17, 15) is 9.59 Å². The molecule has 2 aromatic rings. The standard InChI is InChI=1S/C17H17NO3S/c1-12(19)15-8-3-4-9-16(15)18-17(20)11-22-14-7-5-6-13(10-14)21-2/h3-10H,11H2,1-2H3,(H,18,20). The summed E-state index contributed by atoms with van der Waals surface area (Å²) in [6, 6.07) is 14.5. The number of amides is 1. The number of hydrogen-bond acceptors (Lipinski definition) is 4. The molecule has 0 fully saturated rings. The highest BCUT2D eigenvalue weighted by molar-refractivity contribution is 8.00. The second-order valence-corrected chi connectivity index (χ2v) is 5.67. The van der Waals surface area contributed by atoms with Gasteiger partial charge in [0.15, 0.2) is 5.78 Å². The van der Waals surface area contributed by atoms with Crippen molar-refractivity contribution in [3.8, 4) is 5.75 Å². The van der Waals surface area contributed by atoms with Crippen LogP contribution in [0.25, 0.3) is 0 Å². The number of hydrogen-bond donors (Lipinski definition) is 1. The number of carbonyl (C=O) groups excluding carboxylic acids is 2. The quantitative estimate of drug-likeness (QED) is 0.653. The van der Waals surface area contributed by atoms with E-state index in [1.165, 1.54) is 18.7 Å². The minimum atomic E-state index is -0.151. The Morgan fingerprint density at radius 2 is 1.91 bits per heavy atom. The number of carbonyl (C=O) groups is 2. The van der Waals surface area contributed by atoms with E-state index in [2.05, 4.69) is 5.32 Å². The normalized spacial score (nSPS) is 10.1. The summed E-state index contributed by atoms with van der Waals surface area (Å²) in [5, 5.41) is 2.78. The predicted molar refractivity (Wildman–Crippen MR) is 88.8 cm³/mol. The van der Waals surface area contributed by atoms with Crippen molar-refractivity contribution in [1.29, 1.82) is 0 Å². The minimum absolute atomic E-state index is 0.0728. The molecular formula is C17H17NO3S. The van der Waals surface area contributed by atoms with Crippen molar-refractivity contribution in [2.75, 3.05) is 18.2 Å². The number of benzene rings is 2. The third-order valence-corrected chi connectivity index (χ3v) is 3.99. The zero-order chi connectivity index (χ0) is 15.9. The molecule has 0 heterocycles. The third-order valence-electron chi connectivity index (χ3n) is 2.99. The Morgan fingerprint density at radius 1 is 1.14 bits per heavy atom. The molecule has 0 unspecified atom stereocenters. The Hall–Kier alpha value is -2.27. The van der Waals surface area contributed by atoms with Gasteiger partial charge in [-0.05, 0) is 37.3 Å². The summed E-state index contributed by atoms with van der Waals surface area (Å²) in [6.07, 6.45) is 0. The Balaban J connectivity index is 1.97. The highest BCUT2D eigenvalue weighted by Gasteiger charge is 2.10. The van der Waals surface area contributed by atoms with Gasteiger partial charge >= 0.3 is 0 Å². The van der Waals surface area contributed by atoms with Gasteiger partial charge in [-0.1, -0.05) is 18.2 Å². The molecule has 1 N–H and O–H groups in total. The second kappa shape index (κ2) is 7.66. The first-order valence-electron chi connectivity index (χ1n) is 6.77. The number of thioether (sulfide) groups is 1. The lowest BCUT2D eigenvalue weighted by Crippen LogP contribution is -2.16. The van der Waals surface area contributed by atoms with Crippen molar-refractivity contribution in [3.05, 3.63) is 54.1 Å². The van der Waals surface area contributed by atoms with Crippen LogP contribution in [-0.4, -0.2) is 24.6 Å². The summed E-state index contributed by atoms with van der Waals surface area (Å²) in [5.41, 5.74) is 1.06. The lowest BCUT2D eigenvalue weighted by atomic mass is 10.1. The summed E-state index contributed by atoms with van der Waals surface area (Å²) < 4.78 is 5.15. The van der Waals surface area contributed by atoms with Crippen LogP contribution in [0.15, 0.2) is 53.4 Å². The van der Waals surface area contributed by atoms with Gasteiger partial charge in [0.2, 0.25) is 5.91 Å². The molecule has 0 aliphatic carbocycles. The Labute approximate surface area is 133 Å². The molecule has 2 aromatic carbocycles. The number of anilines is 1. The largest absolute Gasteiger partial charge is 0.497 e. The van der Waals surface area contributed by atoms with Gasteiger partial charge in [0.25, 0.3) is 0 Å². The number of ether oxygens (including phenoxy) is 1. The molecule has 0 bridgehead atoms. The van der Waals surface area contributed by atoms with Crippen molar-refractivity contribution in [1.82, 2.24) is 0 Å². The first-order valence-corrected chi connectivity index (χ1v) is 7.75. The van der Waals surface area contributed by atoms with Crippen molar-refractivity contribution >= 4 is 29.1 Å². The predicted octanol–water partition coefficient (Wildman–Crippen LogP) is 3.63. The van der Waals surface area contributed by atoms with E-state index in [4.69, 9.17) is 4.74 Å². The van der Waals surface area contributed by atoms with Gasteiger partial charge in [0, 0.05) is 10.5 Å². The lowest BCUT2D eigenvalue weighted by molar-refractivity contribution is -0.113. The fourth-order valence-electron chi connectivity index (χ4n) is 1.93. The molecule has 114 valence electrons. The zero-order valence-electron chi connectivity index (χ0n) is 12.5. The van der Waals surface area contributed by atoms with Crippen LogP contribution in [0.5, 0.6) is 5.75 Å². The molecule has 0 aliphatic rings. The van der Waals surface area contributed by atoms with Gasteiger partial charge in [0.05, 0.1) is 18.6 Å². The molecule has 0 radical (unpaired) electrons. The van der Waals surface area contributed by atoms with Crippen molar-refractivity contribution < 1.29 is 14.3 Å². The highest BCUT2D eigenvalue weighted by Crippen LogP contribution is 2.23. The molecule has 22 heavy (non-hydrogen) atoms. The Kier molecular flexibility index (Phi) is 5.61. The SMILES string of the molecule is COc1cccc(SCC(=O)Nc2ccccc2C(C)=O)c1. The molecule has 4 nitrogen and oxygen atoms in total. The van der Waals surface area contributed by atoms with Gasteiger partial charge in [-0.2, -0.15) is 0 Å². The molecule has 2 rings (SSSR count). The Bertz CT molecular complexity index is 685. The monoisotopic (exact) mass is 315 g/mol. The topological polar surface area (TPSA) is 55.4 Å². The molecular weight excluding hydrogens is 298 g/mol. The number of Topliss-reactive ketones (excluding diaryl/α,β-unsaturated/α-hetero) is 1. The average Bonchev–Trinajstić information content (AvgIpc) is 2.53. The van der Waals surface area contributed by atoms with Gasteiger partial charge in [0.1, 0.15) is 5.75 Å². The summed E-state index contributed by atoms with van der Waals surface area (Å²) >= 11 is 1.41. The molecule has 0 saturated heterocycles. The summed E-state index contributed by atoms with van der Waals surface area (Å²) in [4.78, 5) is 24.5. The first kappa shape index (κ1) is 16.1. The number of para-hydroxylation sites is 1. The summed E-state index contributed by atoms with van der Waals surface area (Å²) in [6.45, 7) is 1.48. The average molecular weight is 315 g/mol. The number of methoxy groups -OCH3 is 1. The van der Waals surface area contributed by atoms with Crippen LogP contribution in [0.1, 0.15) is 17.3 Å². The van der Waals surface area contributed by atoms with Crippen LogP contribution in [0, 0.1) is 0 Å². The summed E-state index contributed by atoms with van der Waals surface area (Å²) in [7, 11) is 1.61. The molecule has 1 amide bonds. The Morgan fingerprint density at radius 3 is 2.64 bits per heavy atom. The van der Waals surface area contributed by atoms with E-state index >= 15 is 0 Å². The van der Waals surface area contributed by atoms with Crippen LogP contribution in [0.4, 0.5) is 5.69 Å². The highest BCUT2D eigenvalue weighted by atomic mass is 32.2. The smallest absolute Gasteiger partial charge is 0.234 e. The molecule has 0 aliphatic heterocycles.